The SMILES string of the molecule is O=C(O)c1ccc(CNC(=O)c2cc(-c3cc(F)cc(C(F)(F)F)c3)ccc2Oc2ccc(F)cc2)cc1. The first-order chi connectivity index (χ1) is 18.0. The van der Waals surface area contributed by atoms with Crippen LogP contribution in [0.15, 0.2) is 84.9 Å². The molecule has 0 aliphatic rings. The highest BCUT2D eigenvalue weighted by Gasteiger charge is 2.31. The Kier molecular flexibility index (Phi) is 7.43. The molecule has 5 nitrogen and oxygen atoms in total. The largest absolute Gasteiger partial charge is 0.478 e. The second-order valence-electron chi connectivity index (χ2n) is 8.18. The number of carbonyl (C=O) groups excluding carboxylic acids is 1. The zero-order chi connectivity index (χ0) is 27.4. The van der Waals surface area contributed by atoms with Crippen LogP contribution in [-0.4, -0.2) is 17.0 Å². The van der Waals surface area contributed by atoms with Gasteiger partial charge in [-0.05, 0) is 83.4 Å². The van der Waals surface area contributed by atoms with E-state index in [0.717, 1.165) is 24.3 Å². The van der Waals surface area contributed by atoms with Crippen LogP contribution in [0.25, 0.3) is 11.1 Å². The molecule has 0 unspecified atom stereocenters. The average molecular weight is 527 g/mol. The molecule has 0 spiro atoms. The third kappa shape index (κ3) is 6.33. The number of benzene rings is 4. The molecule has 194 valence electrons. The van der Waals surface area contributed by atoms with E-state index < -0.39 is 35.3 Å². The van der Waals surface area contributed by atoms with Gasteiger partial charge in [-0.25, -0.2) is 13.6 Å². The first-order valence-corrected chi connectivity index (χ1v) is 11.1. The van der Waals surface area contributed by atoms with E-state index in [9.17, 15) is 31.5 Å². The van der Waals surface area contributed by atoms with Crippen LogP contribution in [0.5, 0.6) is 11.5 Å². The van der Waals surface area contributed by atoms with Gasteiger partial charge in [-0.15, -0.1) is 0 Å². The molecule has 0 aromatic heterocycles. The standard InChI is InChI=1S/C28H18F5NO4/c29-21-6-8-23(9-7-21)38-25-10-5-18(19-11-20(28(31,32)33)14-22(30)12-19)13-24(25)26(35)34-15-16-1-3-17(4-2-16)27(36)37/h1-14H,15H2,(H,34,35)(H,36,37). The van der Waals surface area contributed by atoms with Crippen molar-refractivity contribution in [2.24, 2.45) is 0 Å². The Morgan fingerprint density at radius 3 is 2.11 bits per heavy atom. The number of halogens is 5. The van der Waals surface area contributed by atoms with Crippen molar-refractivity contribution in [1.82, 2.24) is 5.32 Å². The third-order valence-corrected chi connectivity index (χ3v) is 5.48. The number of carboxylic acid groups (broad SMARTS) is 1. The molecule has 0 fully saturated rings. The maximum Gasteiger partial charge on any atom is 0.416 e. The zero-order valence-electron chi connectivity index (χ0n) is 19.4. The molecule has 0 saturated carbocycles. The highest BCUT2D eigenvalue weighted by molar-refractivity contribution is 5.98. The molecule has 38 heavy (non-hydrogen) atoms. The van der Waals surface area contributed by atoms with Crippen LogP contribution in [0, 0.1) is 11.6 Å². The second-order valence-corrected chi connectivity index (χ2v) is 8.18. The van der Waals surface area contributed by atoms with Gasteiger partial charge in [0.15, 0.2) is 0 Å². The van der Waals surface area contributed by atoms with Crippen molar-refractivity contribution in [3.05, 3.63) is 119 Å². The van der Waals surface area contributed by atoms with E-state index in [0.29, 0.717) is 11.6 Å². The van der Waals surface area contributed by atoms with Gasteiger partial charge >= 0.3 is 12.1 Å². The highest BCUT2D eigenvalue weighted by atomic mass is 19.4. The number of carboxylic acids is 1. The topological polar surface area (TPSA) is 75.6 Å². The highest BCUT2D eigenvalue weighted by Crippen LogP contribution is 2.35. The van der Waals surface area contributed by atoms with Crippen molar-refractivity contribution in [3.8, 4) is 22.6 Å². The number of aromatic carboxylic acids is 1. The molecule has 0 radical (unpaired) electrons. The summed E-state index contributed by atoms with van der Waals surface area (Å²) < 4.78 is 72.7. The minimum Gasteiger partial charge on any atom is -0.478 e. The molecule has 1 amide bonds. The first-order valence-electron chi connectivity index (χ1n) is 11.1. The van der Waals surface area contributed by atoms with Crippen molar-refractivity contribution in [3.63, 3.8) is 0 Å². The van der Waals surface area contributed by atoms with Crippen molar-refractivity contribution in [1.29, 1.82) is 0 Å². The van der Waals surface area contributed by atoms with Gasteiger partial charge in [0.05, 0.1) is 16.7 Å². The van der Waals surface area contributed by atoms with E-state index in [4.69, 9.17) is 9.84 Å². The normalized spacial score (nSPS) is 11.2. The monoisotopic (exact) mass is 527 g/mol. The summed E-state index contributed by atoms with van der Waals surface area (Å²) >= 11 is 0. The Bertz CT molecular complexity index is 1480. The molecule has 0 aliphatic heterocycles. The van der Waals surface area contributed by atoms with Gasteiger partial charge in [0, 0.05) is 6.54 Å². The summed E-state index contributed by atoms with van der Waals surface area (Å²) in [6, 6.07) is 16.8. The molecule has 0 aliphatic carbocycles. The van der Waals surface area contributed by atoms with E-state index in [-0.39, 0.29) is 40.3 Å². The Balaban J connectivity index is 1.68. The maximum atomic E-state index is 14.0. The fraction of sp³-hybridized carbons (Fsp3) is 0.0714. The molecule has 10 heteroatoms. The zero-order valence-corrected chi connectivity index (χ0v) is 19.4. The Morgan fingerprint density at radius 2 is 1.47 bits per heavy atom. The van der Waals surface area contributed by atoms with Crippen LogP contribution in [0.4, 0.5) is 22.0 Å². The molecular weight excluding hydrogens is 509 g/mol. The molecular formula is C28H18F5NO4. The minimum absolute atomic E-state index is 0.00284. The number of rotatable bonds is 7. The number of ether oxygens (including phenoxy) is 1. The average Bonchev–Trinajstić information content (AvgIpc) is 2.88. The lowest BCUT2D eigenvalue weighted by molar-refractivity contribution is -0.137. The summed E-state index contributed by atoms with van der Waals surface area (Å²) in [5.74, 6) is -3.16. The van der Waals surface area contributed by atoms with Gasteiger partial charge in [0.1, 0.15) is 23.1 Å². The van der Waals surface area contributed by atoms with Crippen LogP contribution >= 0.6 is 0 Å². The molecule has 4 aromatic carbocycles. The minimum atomic E-state index is -4.78. The Labute approximate surface area is 213 Å². The lowest BCUT2D eigenvalue weighted by Crippen LogP contribution is -2.23. The molecule has 4 rings (SSSR count). The third-order valence-electron chi connectivity index (χ3n) is 5.48. The summed E-state index contributed by atoms with van der Waals surface area (Å²) in [7, 11) is 0. The predicted molar refractivity (Wildman–Crippen MR) is 128 cm³/mol. The van der Waals surface area contributed by atoms with Crippen LogP contribution in [-0.2, 0) is 12.7 Å². The number of amides is 1. The van der Waals surface area contributed by atoms with E-state index in [1.807, 2.05) is 0 Å². The quantitative estimate of drug-likeness (QED) is 0.252. The van der Waals surface area contributed by atoms with Gasteiger partial charge in [-0.3, -0.25) is 4.79 Å². The van der Waals surface area contributed by atoms with Crippen LogP contribution in [0.2, 0.25) is 0 Å². The number of carbonyl (C=O) groups is 2. The number of nitrogens with one attached hydrogen (secondary N) is 1. The van der Waals surface area contributed by atoms with Gasteiger partial charge in [-0.2, -0.15) is 13.2 Å². The summed E-state index contributed by atoms with van der Waals surface area (Å²) in [5, 5.41) is 11.7. The number of alkyl halides is 3. The van der Waals surface area contributed by atoms with Gasteiger partial charge in [0.2, 0.25) is 0 Å². The van der Waals surface area contributed by atoms with Gasteiger partial charge in [0.25, 0.3) is 5.91 Å². The molecule has 0 atom stereocenters. The lowest BCUT2D eigenvalue weighted by atomic mass is 9.99. The maximum absolute atomic E-state index is 14.0. The van der Waals surface area contributed by atoms with Crippen molar-refractivity contribution < 1.29 is 41.4 Å². The van der Waals surface area contributed by atoms with E-state index in [2.05, 4.69) is 5.32 Å². The second kappa shape index (κ2) is 10.7. The smallest absolute Gasteiger partial charge is 0.416 e. The predicted octanol–water partition coefficient (Wildman–Crippen LogP) is 7.07. The van der Waals surface area contributed by atoms with Crippen LogP contribution in [0.3, 0.4) is 0 Å². The fourth-order valence-electron chi connectivity index (χ4n) is 3.57. The molecule has 0 bridgehead atoms. The van der Waals surface area contributed by atoms with Crippen molar-refractivity contribution in [2.75, 3.05) is 0 Å². The summed E-state index contributed by atoms with van der Waals surface area (Å²) in [6.07, 6.45) is -4.78. The summed E-state index contributed by atoms with van der Waals surface area (Å²) in [4.78, 5) is 24.2. The molecule has 2 N–H and O–H groups in total. The van der Waals surface area contributed by atoms with Crippen molar-refractivity contribution >= 4 is 11.9 Å². The molecule has 0 saturated heterocycles. The van der Waals surface area contributed by atoms with Gasteiger partial charge < -0.3 is 15.2 Å². The van der Waals surface area contributed by atoms with E-state index >= 15 is 0 Å². The summed E-state index contributed by atoms with van der Waals surface area (Å²) in [6.45, 7) is -0.00284. The molecule has 0 heterocycles. The fourth-order valence-corrected chi connectivity index (χ4v) is 3.57. The Morgan fingerprint density at radius 1 is 0.789 bits per heavy atom. The van der Waals surface area contributed by atoms with Crippen LogP contribution < -0.4 is 10.1 Å². The van der Waals surface area contributed by atoms with Gasteiger partial charge in [-0.1, -0.05) is 18.2 Å². The number of hydrogen-bond donors (Lipinski definition) is 2. The summed E-state index contributed by atoms with van der Waals surface area (Å²) in [5.41, 5.74) is -0.598. The Hall–Kier alpha value is -4.73. The van der Waals surface area contributed by atoms with Crippen molar-refractivity contribution in [2.45, 2.75) is 12.7 Å². The first kappa shape index (κ1) is 26.3. The van der Waals surface area contributed by atoms with Crippen LogP contribution in [0.1, 0.15) is 31.8 Å². The molecule has 4 aromatic rings. The van der Waals surface area contributed by atoms with E-state index in [1.54, 1.807) is 0 Å². The lowest BCUT2D eigenvalue weighted by Gasteiger charge is -2.15. The van der Waals surface area contributed by atoms with E-state index in [1.165, 1.54) is 54.6 Å². The number of hydrogen-bond acceptors (Lipinski definition) is 3.